The number of hydrogen-bond acceptors (Lipinski definition) is 5. The van der Waals surface area contributed by atoms with E-state index in [2.05, 4.69) is 22.0 Å². The van der Waals surface area contributed by atoms with Crippen LogP contribution < -0.4 is 5.73 Å². The Labute approximate surface area is 130 Å². The van der Waals surface area contributed by atoms with Crippen molar-refractivity contribution in [2.24, 2.45) is 0 Å². The van der Waals surface area contributed by atoms with Crippen molar-refractivity contribution in [3.63, 3.8) is 0 Å². The molecule has 1 aliphatic rings. The van der Waals surface area contributed by atoms with Gasteiger partial charge in [0.05, 0.1) is 17.2 Å². The predicted octanol–water partition coefficient (Wildman–Crippen LogP) is 1.56. The van der Waals surface area contributed by atoms with Crippen LogP contribution in [0, 0.1) is 0 Å². The van der Waals surface area contributed by atoms with Crippen LogP contribution in [0.1, 0.15) is 5.56 Å². The maximum Gasteiger partial charge on any atom is 0.152 e. The summed E-state index contributed by atoms with van der Waals surface area (Å²) in [6.45, 7) is 2.00. The van der Waals surface area contributed by atoms with Gasteiger partial charge in [0.2, 0.25) is 0 Å². The number of anilines is 1. The van der Waals surface area contributed by atoms with E-state index >= 15 is 0 Å². The third-order valence-electron chi connectivity index (χ3n) is 3.86. The highest BCUT2D eigenvalue weighted by atomic mass is 32.2. The monoisotopic (exact) mass is 317 g/mol. The molecule has 0 saturated carbocycles. The Hall–Kier alpha value is -1.92. The van der Waals surface area contributed by atoms with Gasteiger partial charge in [-0.2, -0.15) is 0 Å². The maximum absolute atomic E-state index is 11.4. The second-order valence-electron chi connectivity index (χ2n) is 5.57. The molecule has 0 aliphatic carbocycles. The van der Waals surface area contributed by atoms with Crippen LogP contribution in [0.25, 0.3) is 11.3 Å². The van der Waals surface area contributed by atoms with Gasteiger partial charge in [-0.25, -0.2) is 13.4 Å². The summed E-state index contributed by atoms with van der Waals surface area (Å²) in [5.41, 5.74) is 8.76. The third kappa shape index (κ3) is 3.64. The topological polar surface area (TPSA) is 76.3 Å². The highest BCUT2D eigenvalue weighted by molar-refractivity contribution is 7.91. The van der Waals surface area contributed by atoms with Crippen LogP contribution in [-0.2, 0) is 16.4 Å². The van der Waals surface area contributed by atoms with E-state index < -0.39 is 9.84 Å². The van der Waals surface area contributed by atoms with Crippen LogP contribution in [0.5, 0.6) is 0 Å². The zero-order valence-corrected chi connectivity index (χ0v) is 13.1. The Kier molecular flexibility index (Phi) is 4.13. The summed E-state index contributed by atoms with van der Waals surface area (Å²) in [5.74, 6) is 1.03. The van der Waals surface area contributed by atoms with Crippen LogP contribution in [0.15, 0.2) is 42.5 Å². The number of pyridine rings is 1. The van der Waals surface area contributed by atoms with Gasteiger partial charge in [-0.3, -0.25) is 4.90 Å². The molecule has 22 heavy (non-hydrogen) atoms. The molecule has 0 spiro atoms. The number of aromatic nitrogens is 1. The molecule has 2 heterocycles. The van der Waals surface area contributed by atoms with Crippen molar-refractivity contribution in [1.82, 2.24) is 9.88 Å². The summed E-state index contributed by atoms with van der Waals surface area (Å²) in [7, 11) is -2.82. The molecule has 1 saturated heterocycles. The first-order chi connectivity index (χ1) is 10.5. The number of benzene rings is 1. The number of nitrogens with zero attached hydrogens (tertiary/aromatic N) is 2. The Balaban J connectivity index is 1.67. The number of rotatable bonds is 3. The zero-order chi connectivity index (χ0) is 15.6. The van der Waals surface area contributed by atoms with Crippen molar-refractivity contribution in [3.8, 4) is 11.3 Å². The SMILES string of the molecule is Nc1cccc(-c2ccc(CN3CCS(=O)(=O)CC3)cc2)n1. The molecule has 0 bridgehead atoms. The maximum atomic E-state index is 11.4. The van der Waals surface area contributed by atoms with E-state index in [-0.39, 0.29) is 11.5 Å². The summed E-state index contributed by atoms with van der Waals surface area (Å²) in [6, 6.07) is 13.8. The molecule has 6 heteroatoms. The van der Waals surface area contributed by atoms with E-state index in [0.29, 0.717) is 18.9 Å². The Morgan fingerprint density at radius 1 is 1.05 bits per heavy atom. The van der Waals surface area contributed by atoms with Crippen LogP contribution in [-0.4, -0.2) is 42.9 Å². The lowest BCUT2D eigenvalue weighted by atomic mass is 10.1. The second-order valence-corrected chi connectivity index (χ2v) is 7.88. The summed E-state index contributed by atoms with van der Waals surface area (Å²) in [6.07, 6.45) is 0. The minimum Gasteiger partial charge on any atom is -0.384 e. The largest absolute Gasteiger partial charge is 0.384 e. The van der Waals surface area contributed by atoms with Crippen molar-refractivity contribution >= 4 is 15.7 Å². The molecule has 3 rings (SSSR count). The van der Waals surface area contributed by atoms with E-state index in [1.165, 1.54) is 5.56 Å². The first-order valence-corrected chi connectivity index (χ1v) is 9.09. The fourth-order valence-corrected chi connectivity index (χ4v) is 3.84. The van der Waals surface area contributed by atoms with Gasteiger partial charge < -0.3 is 5.73 Å². The summed E-state index contributed by atoms with van der Waals surface area (Å²) >= 11 is 0. The van der Waals surface area contributed by atoms with Gasteiger partial charge in [0.15, 0.2) is 9.84 Å². The molecule has 0 atom stereocenters. The molecule has 2 aromatic rings. The van der Waals surface area contributed by atoms with E-state index in [4.69, 9.17) is 5.73 Å². The lowest BCUT2D eigenvalue weighted by Gasteiger charge is -2.26. The molecule has 116 valence electrons. The van der Waals surface area contributed by atoms with Gasteiger partial charge in [0.25, 0.3) is 0 Å². The van der Waals surface area contributed by atoms with Crippen molar-refractivity contribution in [2.75, 3.05) is 30.3 Å². The van der Waals surface area contributed by atoms with Gasteiger partial charge in [0, 0.05) is 25.2 Å². The smallest absolute Gasteiger partial charge is 0.152 e. The lowest BCUT2D eigenvalue weighted by Crippen LogP contribution is -2.39. The highest BCUT2D eigenvalue weighted by Crippen LogP contribution is 2.19. The zero-order valence-electron chi connectivity index (χ0n) is 12.3. The van der Waals surface area contributed by atoms with E-state index in [1.807, 2.05) is 24.3 Å². The molecule has 0 amide bonds. The average Bonchev–Trinajstić information content (AvgIpc) is 2.50. The quantitative estimate of drug-likeness (QED) is 0.930. The third-order valence-corrected chi connectivity index (χ3v) is 5.47. The molecular weight excluding hydrogens is 298 g/mol. The lowest BCUT2D eigenvalue weighted by molar-refractivity contribution is 0.287. The van der Waals surface area contributed by atoms with Gasteiger partial charge in [-0.1, -0.05) is 30.3 Å². The molecule has 0 radical (unpaired) electrons. The average molecular weight is 317 g/mol. The van der Waals surface area contributed by atoms with Crippen molar-refractivity contribution in [3.05, 3.63) is 48.0 Å². The number of hydrogen-bond donors (Lipinski definition) is 1. The van der Waals surface area contributed by atoms with Crippen LogP contribution in [0.4, 0.5) is 5.82 Å². The molecule has 1 aliphatic heterocycles. The Morgan fingerprint density at radius 2 is 1.73 bits per heavy atom. The summed E-state index contributed by atoms with van der Waals surface area (Å²) in [4.78, 5) is 6.48. The van der Waals surface area contributed by atoms with Crippen molar-refractivity contribution in [2.45, 2.75) is 6.54 Å². The van der Waals surface area contributed by atoms with Crippen LogP contribution in [0.3, 0.4) is 0 Å². The first-order valence-electron chi connectivity index (χ1n) is 7.26. The van der Waals surface area contributed by atoms with Crippen molar-refractivity contribution < 1.29 is 8.42 Å². The summed E-state index contributed by atoms with van der Waals surface area (Å²) in [5, 5.41) is 0. The fraction of sp³-hybridized carbons (Fsp3) is 0.312. The molecule has 1 aromatic heterocycles. The van der Waals surface area contributed by atoms with Crippen molar-refractivity contribution in [1.29, 1.82) is 0 Å². The van der Waals surface area contributed by atoms with Gasteiger partial charge in [-0.05, 0) is 17.7 Å². The van der Waals surface area contributed by atoms with Crippen LogP contribution >= 0.6 is 0 Å². The molecular formula is C16H19N3O2S. The number of nitrogen functional groups attached to an aromatic ring is 1. The van der Waals surface area contributed by atoms with Gasteiger partial charge in [-0.15, -0.1) is 0 Å². The first kappa shape index (κ1) is 15.0. The normalized spacial score (nSPS) is 18.2. The minimum absolute atomic E-state index is 0.262. The van der Waals surface area contributed by atoms with Crippen LogP contribution in [0.2, 0.25) is 0 Å². The molecule has 0 unspecified atom stereocenters. The number of nitrogens with two attached hydrogens (primary N) is 1. The standard InChI is InChI=1S/C16H19N3O2S/c17-16-3-1-2-15(18-16)14-6-4-13(5-7-14)12-19-8-10-22(20,21)11-9-19/h1-7H,8-12H2,(H2,17,18). The highest BCUT2D eigenvalue weighted by Gasteiger charge is 2.21. The number of sulfone groups is 1. The van der Waals surface area contributed by atoms with E-state index in [0.717, 1.165) is 17.8 Å². The second kappa shape index (κ2) is 6.06. The van der Waals surface area contributed by atoms with E-state index in [9.17, 15) is 8.42 Å². The Bertz CT molecular complexity index is 743. The molecule has 1 aromatic carbocycles. The van der Waals surface area contributed by atoms with E-state index in [1.54, 1.807) is 6.07 Å². The fourth-order valence-electron chi connectivity index (χ4n) is 2.56. The predicted molar refractivity (Wildman–Crippen MR) is 88.0 cm³/mol. The van der Waals surface area contributed by atoms with Gasteiger partial charge in [0.1, 0.15) is 5.82 Å². The minimum atomic E-state index is -2.82. The molecule has 2 N–H and O–H groups in total. The van der Waals surface area contributed by atoms with Gasteiger partial charge >= 0.3 is 0 Å². The molecule has 5 nitrogen and oxygen atoms in total. The Morgan fingerprint density at radius 3 is 2.36 bits per heavy atom. The molecule has 1 fully saturated rings. The summed E-state index contributed by atoms with van der Waals surface area (Å²) < 4.78 is 22.9.